The predicted octanol–water partition coefficient (Wildman–Crippen LogP) is 1.22. The average Bonchev–Trinajstić information content (AvgIpc) is 2.25. The van der Waals surface area contributed by atoms with Gasteiger partial charge in [0, 0.05) is 6.54 Å². The minimum Gasteiger partial charge on any atom is -0.506 e. The van der Waals surface area contributed by atoms with Gasteiger partial charge in [-0.2, -0.15) is 0 Å². The quantitative estimate of drug-likeness (QED) is 0.682. The first-order valence-corrected chi connectivity index (χ1v) is 5.68. The molecule has 1 rings (SSSR count). The van der Waals surface area contributed by atoms with Crippen LogP contribution in [0.15, 0.2) is 18.3 Å². The topological polar surface area (TPSA) is 48.4 Å². The number of nitrogens with one attached hydrogen (secondary N) is 1. The molecule has 90 valence electrons. The normalized spacial score (nSPS) is 10.9. The van der Waals surface area contributed by atoms with Gasteiger partial charge in [0.1, 0.15) is 5.75 Å². The highest BCUT2D eigenvalue weighted by Crippen LogP contribution is 2.05. The molecule has 0 saturated heterocycles. The van der Waals surface area contributed by atoms with Gasteiger partial charge in [-0.1, -0.05) is 0 Å². The van der Waals surface area contributed by atoms with Gasteiger partial charge in [-0.05, 0) is 52.2 Å². The molecule has 2 N–H and O–H groups in total. The van der Waals surface area contributed by atoms with E-state index in [1.807, 2.05) is 6.07 Å². The van der Waals surface area contributed by atoms with Crippen LogP contribution in [0.2, 0.25) is 0 Å². The summed E-state index contributed by atoms with van der Waals surface area (Å²) in [6.07, 6.45) is 3.86. The number of nitrogens with zero attached hydrogens (tertiary/aromatic N) is 2. The molecule has 0 radical (unpaired) electrons. The summed E-state index contributed by atoms with van der Waals surface area (Å²) >= 11 is 0. The van der Waals surface area contributed by atoms with Crippen LogP contribution in [0.5, 0.6) is 5.75 Å². The summed E-state index contributed by atoms with van der Waals surface area (Å²) in [6.45, 7) is 2.91. The molecule has 1 aromatic heterocycles. The lowest BCUT2D eigenvalue weighted by molar-refractivity contribution is 0.391. The Morgan fingerprint density at radius 3 is 2.75 bits per heavy atom. The molecule has 0 unspecified atom stereocenters. The zero-order chi connectivity index (χ0) is 11.8. The summed E-state index contributed by atoms with van der Waals surface area (Å²) in [5.41, 5.74) is 0.963. The van der Waals surface area contributed by atoms with Crippen molar-refractivity contribution in [2.75, 3.05) is 27.2 Å². The molecule has 16 heavy (non-hydrogen) atoms. The van der Waals surface area contributed by atoms with Crippen molar-refractivity contribution in [3.63, 3.8) is 0 Å². The molecule has 1 heterocycles. The van der Waals surface area contributed by atoms with Crippen LogP contribution in [-0.4, -0.2) is 42.2 Å². The van der Waals surface area contributed by atoms with Crippen LogP contribution in [0.25, 0.3) is 0 Å². The van der Waals surface area contributed by atoms with Crippen molar-refractivity contribution in [3.8, 4) is 5.75 Å². The maximum Gasteiger partial charge on any atom is 0.133 e. The summed E-state index contributed by atoms with van der Waals surface area (Å²) < 4.78 is 0. The van der Waals surface area contributed by atoms with E-state index in [4.69, 9.17) is 5.11 Å². The first kappa shape index (κ1) is 12.9. The van der Waals surface area contributed by atoms with Crippen molar-refractivity contribution in [3.05, 3.63) is 24.0 Å². The Labute approximate surface area is 97.3 Å². The van der Waals surface area contributed by atoms with Crippen molar-refractivity contribution in [1.29, 1.82) is 0 Å². The Morgan fingerprint density at radius 1 is 1.31 bits per heavy atom. The molecular weight excluding hydrogens is 202 g/mol. The Kier molecular flexibility index (Phi) is 5.82. The Bertz CT molecular complexity index is 285. The van der Waals surface area contributed by atoms with Crippen molar-refractivity contribution < 1.29 is 5.11 Å². The monoisotopic (exact) mass is 223 g/mol. The van der Waals surface area contributed by atoms with E-state index >= 15 is 0 Å². The Hall–Kier alpha value is -1.13. The van der Waals surface area contributed by atoms with Gasteiger partial charge in [-0.25, -0.2) is 0 Å². The first-order valence-electron chi connectivity index (χ1n) is 5.68. The van der Waals surface area contributed by atoms with Crippen molar-refractivity contribution in [2.45, 2.75) is 19.4 Å². The molecule has 0 aliphatic carbocycles. The van der Waals surface area contributed by atoms with Crippen LogP contribution in [0.4, 0.5) is 0 Å². The van der Waals surface area contributed by atoms with Crippen LogP contribution >= 0.6 is 0 Å². The van der Waals surface area contributed by atoms with Gasteiger partial charge in [0.05, 0.1) is 11.9 Å². The third-order valence-corrected chi connectivity index (χ3v) is 2.32. The van der Waals surface area contributed by atoms with Gasteiger partial charge in [0.2, 0.25) is 0 Å². The third kappa shape index (κ3) is 5.68. The Balaban J connectivity index is 2.05. The highest BCUT2D eigenvalue weighted by Gasteiger charge is 1.95. The van der Waals surface area contributed by atoms with E-state index in [9.17, 15) is 0 Å². The molecule has 0 fully saturated rings. The summed E-state index contributed by atoms with van der Waals surface area (Å²) in [4.78, 5) is 6.30. The fourth-order valence-electron chi connectivity index (χ4n) is 1.42. The van der Waals surface area contributed by atoms with Crippen LogP contribution in [0, 0.1) is 0 Å². The van der Waals surface area contributed by atoms with E-state index < -0.39 is 0 Å². The zero-order valence-corrected chi connectivity index (χ0v) is 10.1. The minimum absolute atomic E-state index is 0.217. The fraction of sp³-hybridized carbons (Fsp3) is 0.583. The largest absolute Gasteiger partial charge is 0.506 e. The van der Waals surface area contributed by atoms with Gasteiger partial charge >= 0.3 is 0 Å². The number of rotatable bonds is 7. The van der Waals surface area contributed by atoms with E-state index in [0.717, 1.165) is 25.3 Å². The summed E-state index contributed by atoms with van der Waals surface area (Å²) in [5, 5.41) is 12.4. The molecular formula is C12H21N3O. The lowest BCUT2D eigenvalue weighted by atomic mass is 10.3. The molecule has 1 aromatic rings. The number of aromatic nitrogens is 1. The smallest absolute Gasteiger partial charge is 0.133 e. The minimum atomic E-state index is 0.217. The molecule has 0 aliphatic rings. The second-order valence-electron chi connectivity index (χ2n) is 4.19. The molecule has 0 atom stereocenters. The Morgan fingerprint density at radius 2 is 2.12 bits per heavy atom. The van der Waals surface area contributed by atoms with Gasteiger partial charge in [-0.15, -0.1) is 0 Å². The SMILES string of the molecule is CN(C)CCCCNCc1ccc(O)cn1. The number of hydrogen-bond donors (Lipinski definition) is 2. The molecule has 0 aliphatic heterocycles. The number of pyridine rings is 1. The molecule has 0 aromatic carbocycles. The van der Waals surface area contributed by atoms with E-state index in [2.05, 4.69) is 29.3 Å². The van der Waals surface area contributed by atoms with E-state index in [0.29, 0.717) is 0 Å². The lowest BCUT2D eigenvalue weighted by Gasteiger charge is -2.09. The average molecular weight is 223 g/mol. The molecule has 4 heteroatoms. The first-order chi connectivity index (χ1) is 7.68. The maximum atomic E-state index is 9.06. The van der Waals surface area contributed by atoms with Gasteiger partial charge in [0.25, 0.3) is 0 Å². The van der Waals surface area contributed by atoms with Gasteiger partial charge in [-0.3, -0.25) is 4.98 Å². The van der Waals surface area contributed by atoms with Gasteiger partial charge < -0.3 is 15.3 Å². The zero-order valence-electron chi connectivity index (χ0n) is 10.1. The standard InChI is InChI=1S/C12H21N3O/c1-15(2)8-4-3-7-13-9-11-5-6-12(16)10-14-11/h5-6,10,13,16H,3-4,7-9H2,1-2H3. The second-order valence-corrected chi connectivity index (χ2v) is 4.19. The molecule has 0 saturated carbocycles. The van der Waals surface area contributed by atoms with Crippen LogP contribution in [0.1, 0.15) is 18.5 Å². The van der Waals surface area contributed by atoms with Crippen LogP contribution < -0.4 is 5.32 Å². The number of aromatic hydroxyl groups is 1. The fourth-order valence-corrected chi connectivity index (χ4v) is 1.42. The lowest BCUT2D eigenvalue weighted by Crippen LogP contribution is -2.18. The number of unbranched alkanes of at least 4 members (excludes halogenated alkanes) is 1. The summed E-state index contributed by atoms with van der Waals surface area (Å²) in [5.74, 6) is 0.217. The molecule has 0 spiro atoms. The van der Waals surface area contributed by atoms with Crippen LogP contribution in [-0.2, 0) is 6.54 Å². The summed E-state index contributed by atoms with van der Waals surface area (Å²) in [6, 6.07) is 3.50. The third-order valence-electron chi connectivity index (χ3n) is 2.32. The van der Waals surface area contributed by atoms with Crippen LogP contribution in [0.3, 0.4) is 0 Å². The predicted molar refractivity (Wildman–Crippen MR) is 65.4 cm³/mol. The van der Waals surface area contributed by atoms with E-state index in [1.165, 1.54) is 19.0 Å². The van der Waals surface area contributed by atoms with E-state index in [-0.39, 0.29) is 5.75 Å². The second kappa shape index (κ2) is 7.19. The highest BCUT2D eigenvalue weighted by molar-refractivity contribution is 5.17. The van der Waals surface area contributed by atoms with Gasteiger partial charge in [0.15, 0.2) is 0 Å². The molecule has 4 nitrogen and oxygen atoms in total. The molecule has 0 bridgehead atoms. The van der Waals surface area contributed by atoms with Crippen molar-refractivity contribution in [1.82, 2.24) is 15.2 Å². The molecule has 0 amide bonds. The number of hydrogen-bond acceptors (Lipinski definition) is 4. The van der Waals surface area contributed by atoms with E-state index in [1.54, 1.807) is 6.07 Å². The van der Waals surface area contributed by atoms with Crippen molar-refractivity contribution in [2.24, 2.45) is 0 Å². The highest BCUT2D eigenvalue weighted by atomic mass is 16.3. The van der Waals surface area contributed by atoms with Crippen molar-refractivity contribution >= 4 is 0 Å². The summed E-state index contributed by atoms with van der Waals surface area (Å²) in [7, 11) is 4.18. The maximum absolute atomic E-state index is 9.06.